The summed E-state index contributed by atoms with van der Waals surface area (Å²) in [6.07, 6.45) is 0. The number of benzene rings is 1. The summed E-state index contributed by atoms with van der Waals surface area (Å²) >= 11 is 5.92. The van der Waals surface area contributed by atoms with Crippen LogP contribution < -0.4 is 10.5 Å². The molecule has 4 heteroatoms. The molecule has 1 unspecified atom stereocenters. The van der Waals surface area contributed by atoms with Gasteiger partial charge in [0.05, 0.1) is 7.11 Å². The number of phenolic OH excluding ortho intramolecular Hbond substituents is 1. The molecule has 0 radical (unpaired) electrons. The zero-order valence-electron chi connectivity index (χ0n) is 8.47. The van der Waals surface area contributed by atoms with Gasteiger partial charge in [0.1, 0.15) is 0 Å². The van der Waals surface area contributed by atoms with Gasteiger partial charge in [0, 0.05) is 22.7 Å². The number of phenols is 1. The summed E-state index contributed by atoms with van der Waals surface area (Å²) in [6, 6.07) is 1.23. The van der Waals surface area contributed by atoms with Crippen molar-refractivity contribution in [2.45, 2.75) is 19.9 Å². The van der Waals surface area contributed by atoms with Crippen molar-refractivity contribution < 1.29 is 9.84 Å². The Hall–Kier alpha value is -0.930. The number of halogens is 1. The molecule has 0 heterocycles. The van der Waals surface area contributed by atoms with Gasteiger partial charge in [-0.15, -0.1) is 0 Å². The molecule has 0 saturated heterocycles. The van der Waals surface area contributed by atoms with E-state index in [-0.39, 0.29) is 11.8 Å². The third kappa shape index (κ3) is 1.79. The van der Waals surface area contributed by atoms with E-state index in [1.165, 1.54) is 13.2 Å². The Morgan fingerprint density at radius 1 is 1.57 bits per heavy atom. The van der Waals surface area contributed by atoms with Crippen molar-refractivity contribution in [3.63, 3.8) is 0 Å². The summed E-state index contributed by atoms with van der Waals surface area (Å²) in [5, 5.41) is 10.1. The van der Waals surface area contributed by atoms with E-state index in [9.17, 15) is 5.11 Å². The number of rotatable bonds is 2. The predicted octanol–water partition coefficient (Wildman–Crippen LogP) is 2.38. The molecular formula is C10H14ClNO2. The van der Waals surface area contributed by atoms with E-state index in [1.54, 1.807) is 0 Å². The Kier molecular flexibility index (Phi) is 3.24. The fourth-order valence-electron chi connectivity index (χ4n) is 1.49. The molecule has 0 aliphatic carbocycles. The standard InChI is InChI=1S/C10H14ClNO2/c1-5-7(11)4-8(13)10(14-3)9(5)6(2)12/h4,6,13H,12H2,1-3H3. The van der Waals surface area contributed by atoms with Crippen LogP contribution in [0.4, 0.5) is 0 Å². The molecule has 0 fully saturated rings. The van der Waals surface area contributed by atoms with Crippen LogP contribution in [-0.2, 0) is 0 Å². The molecule has 0 saturated carbocycles. The first-order valence-corrected chi connectivity index (χ1v) is 4.68. The minimum Gasteiger partial charge on any atom is -0.504 e. The Bertz CT molecular complexity index is 350. The SMILES string of the molecule is COc1c(O)cc(Cl)c(C)c1C(C)N. The molecular weight excluding hydrogens is 202 g/mol. The van der Waals surface area contributed by atoms with E-state index < -0.39 is 0 Å². The Morgan fingerprint density at radius 3 is 2.57 bits per heavy atom. The number of nitrogens with two attached hydrogens (primary N) is 1. The molecule has 1 aromatic carbocycles. The molecule has 78 valence electrons. The van der Waals surface area contributed by atoms with Gasteiger partial charge in [-0.3, -0.25) is 0 Å². The third-order valence-corrected chi connectivity index (χ3v) is 2.56. The van der Waals surface area contributed by atoms with Crippen LogP contribution >= 0.6 is 11.6 Å². The molecule has 0 amide bonds. The molecule has 0 aromatic heterocycles. The molecule has 3 nitrogen and oxygen atoms in total. The highest BCUT2D eigenvalue weighted by molar-refractivity contribution is 6.31. The van der Waals surface area contributed by atoms with Gasteiger partial charge in [0.15, 0.2) is 11.5 Å². The maximum atomic E-state index is 9.58. The second-order valence-corrected chi connectivity index (χ2v) is 3.65. The fraction of sp³-hybridized carbons (Fsp3) is 0.400. The second-order valence-electron chi connectivity index (χ2n) is 3.24. The van der Waals surface area contributed by atoms with Crippen molar-refractivity contribution in [3.8, 4) is 11.5 Å². The Morgan fingerprint density at radius 2 is 2.14 bits per heavy atom. The van der Waals surface area contributed by atoms with Crippen molar-refractivity contribution in [2.24, 2.45) is 5.73 Å². The first-order valence-electron chi connectivity index (χ1n) is 4.30. The van der Waals surface area contributed by atoms with Crippen molar-refractivity contribution in [2.75, 3.05) is 7.11 Å². The molecule has 3 N–H and O–H groups in total. The monoisotopic (exact) mass is 215 g/mol. The largest absolute Gasteiger partial charge is 0.504 e. The maximum absolute atomic E-state index is 9.58. The summed E-state index contributed by atoms with van der Waals surface area (Å²) in [5.74, 6) is 0.428. The zero-order chi connectivity index (χ0) is 10.9. The summed E-state index contributed by atoms with van der Waals surface area (Å²) < 4.78 is 5.08. The Labute approximate surface area is 88.4 Å². The number of aromatic hydroxyl groups is 1. The van der Waals surface area contributed by atoms with E-state index in [0.29, 0.717) is 10.8 Å². The van der Waals surface area contributed by atoms with Crippen LogP contribution in [0, 0.1) is 6.92 Å². The molecule has 0 aliphatic rings. The highest BCUT2D eigenvalue weighted by atomic mass is 35.5. The minimum atomic E-state index is -0.227. The number of hydrogen-bond donors (Lipinski definition) is 2. The number of hydrogen-bond acceptors (Lipinski definition) is 3. The topological polar surface area (TPSA) is 55.5 Å². The molecule has 1 aromatic rings. The third-order valence-electron chi connectivity index (χ3n) is 2.16. The van der Waals surface area contributed by atoms with Crippen LogP contribution in [-0.4, -0.2) is 12.2 Å². The fourth-order valence-corrected chi connectivity index (χ4v) is 1.70. The van der Waals surface area contributed by atoms with Gasteiger partial charge in [0.25, 0.3) is 0 Å². The van der Waals surface area contributed by atoms with Crippen molar-refractivity contribution in [1.29, 1.82) is 0 Å². The van der Waals surface area contributed by atoms with Crippen LogP contribution in [0.3, 0.4) is 0 Å². The highest BCUT2D eigenvalue weighted by Crippen LogP contribution is 2.39. The molecule has 1 rings (SSSR count). The average molecular weight is 216 g/mol. The molecule has 0 spiro atoms. The molecule has 1 atom stereocenters. The van der Waals surface area contributed by atoms with Crippen molar-refractivity contribution in [1.82, 2.24) is 0 Å². The van der Waals surface area contributed by atoms with Gasteiger partial charge in [0.2, 0.25) is 0 Å². The highest BCUT2D eigenvalue weighted by Gasteiger charge is 2.17. The second kappa shape index (κ2) is 4.07. The summed E-state index contributed by atoms with van der Waals surface area (Å²) in [5.41, 5.74) is 7.37. The average Bonchev–Trinajstić information content (AvgIpc) is 2.10. The van der Waals surface area contributed by atoms with Gasteiger partial charge in [-0.2, -0.15) is 0 Å². The van der Waals surface area contributed by atoms with E-state index in [2.05, 4.69) is 0 Å². The van der Waals surface area contributed by atoms with Crippen LogP contribution in [0.5, 0.6) is 11.5 Å². The summed E-state index contributed by atoms with van der Waals surface area (Å²) in [6.45, 7) is 3.67. The lowest BCUT2D eigenvalue weighted by molar-refractivity contribution is 0.366. The van der Waals surface area contributed by atoms with Gasteiger partial charge >= 0.3 is 0 Å². The van der Waals surface area contributed by atoms with Gasteiger partial charge < -0.3 is 15.6 Å². The molecule has 0 aliphatic heterocycles. The maximum Gasteiger partial charge on any atom is 0.165 e. The van der Waals surface area contributed by atoms with Crippen LogP contribution in [0.15, 0.2) is 6.07 Å². The molecule has 0 bridgehead atoms. The lowest BCUT2D eigenvalue weighted by Crippen LogP contribution is -2.09. The summed E-state index contributed by atoms with van der Waals surface area (Å²) in [7, 11) is 1.49. The zero-order valence-corrected chi connectivity index (χ0v) is 9.22. The van der Waals surface area contributed by atoms with E-state index in [4.69, 9.17) is 22.1 Å². The smallest absolute Gasteiger partial charge is 0.165 e. The van der Waals surface area contributed by atoms with Crippen LogP contribution in [0.1, 0.15) is 24.1 Å². The number of ether oxygens (including phenoxy) is 1. The van der Waals surface area contributed by atoms with Crippen molar-refractivity contribution in [3.05, 3.63) is 22.2 Å². The van der Waals surface area contributed by atoms with Crippen LogP contribution in [0.2, 0.25) is 5.02 Å². The number of methoxy groups -OCH3 is 1. The predicted molar refractivity (Wildman–Crippen MR) is 57.0 cm³/mol. The first kappa shape index (κ1) is 11.1. The quantitative estimate of drug-likeness (QED) is 0.797. The molecule has 14 heavy (non-hydrogen) atoms. The van der Waals surface area contributed by atoms with E-state index in [1.807, 2.05) is 13.8 Å². The van der Waals surface area contributed by atoms with Gasteiger partial charge in [-0.25, -0.2) is 0 Å². The van der Waals surface area contributed by atoms with Gasteiger partial charge in [-0.1, -0.05) is 11.6 Å². The normalized spacial score (nSPS) is 12.6. The van der Waals surface area contributed by atoms with Crippen molar-refractivity contribution >= 4 is 11.6 Å². The summed E-state index contributed by atoms with van der Waals surface area (Å²) in [4.78, 5) is 0. The minimum absolute atomic E-state index is 0.0235. The Balaban J connectivity index is 3.48. The van der Waals surface area contributed by atoms with E-state index >= 15 is 0 Å². The van der Waals surface area contributed by atoms with Gasteiger partial charge in [-0.05, 0) is 19.4 Å². The lowest BCUT2D eigenvalue weighted by Gasteiger charge is -2.17. The van der Waals surface area contributed by atoms with Crippen LogP contribution in [0.25, 0.3) is 0 Å². The lowest BCUT2D eigenvalue weighted by atomic mass is 10.0. The first-order chi connectivity index (χ1) is 6.49. The van der Waals surface area contributed by atoms with E-state index in [0.717, 1.165) is 11.1 Å².